The van der Waals surface area contributed by atoms with Gasteiger partial charge >= 0.3 is 0 Å². The monoisotopic (exact) mass is 602 g/mol. The van der Waals surface area contributed by atoms with Gasteiger partial charge in [0.15, 0.2) is 0 Å². The number of nitrogens with zero attached hydrogens (tertiary/aromatic N) is 3. The molecule has 2 aromatic rings. The number of allylic oxidation sites excluding steroid dienone is 1. The van der Waals surface area contributed by atoms with Crippen molar-refractivity contribution in [1.29, 1.82) is 0 Å². The average Bonchev–Trinajstić information content (AvgIpc) is 3.74. The Labute approximate surface area is 248 Å². The van der Waals surface area contributed by atoms with E-state index in [1.165, 1.54) is 24.8 Å². The van der Waals surface area contributed by atoms with Gasteiger partial charge in [-0.05, 0) is 93.2 Å². The molecule has 2 N–H and O–H groups in total. The first kappa shape index (κ1) is 28.8. The number of hydrogen-bond acceptors (Lipinski definition) is 4. The second-order valence-electron chi connectivity index (χ2n) is 11.7. The predicted octanol–water partition coefficient (Wildman–Crippen LogP) is 8.94. The molecule has 2 saturated carbocycles. The minimum atomic E-state index is -0.120. The molecule has 0 aromatic heterocycles. The molecule has 0 radical (unpaired) electrons. The van der Waals surface area contributed by atoms with Crippen LogP contribution in [-0.4, -0.2) is 35.3 Å². The van der Waals surface area contributed by atoms with Gasteiger partial charge in [-0.3, -0.25) is 14.8 Å². The van der Waals surface area contributed by atoms with E-state index >= 15 is 0 Å². The maximum Gasteiger partial charge on any atom is 0.256 e. The molecule has 1 saturated heterocycles. The lowest BCUT2D eigenvalue weighted by Gasteiger charge is -2.40. The Morgan fingerprint density at radius 2 is 1.85 bits per heavy atom. The third-order valence-corrected chi connectivity index (χ3v) is 10.2. The number of benzene rings is 2. The lowest BCUT2D eigenvalue weighted by molar-refractivity contribution is 0.0700. The van der Waals surface area contributed by atoms with E-state index in [0.717, 1.165) is 70.5 Å². The van der Waals surface area contributed by atoms with Gasteiger partial charge in [0, 0.05) is 46.0 Å². The fraction of sp³-hybridized carbons (Fsp3) is 0.500. The van der Waals surface area contributed by atoms with Crippen molar-refractivity contribution in [2.75, 3.05) is 6.54 Å². The molecule has 1 unspecified atom stereocenters. The SMILES string of the molecule is CCC=Nc1c(C(=O)N2CCC(=Nc3ccc(C4CCC4)cc3)/C(=C(\N)C3(CC)CC3)C2CC)ccc(Br)c1C. The van der Waals surface area contributed by atoms with Crippen LogP contribution in [-0.2, 0) is 0 Å². The first-order chi connectivity index (χ1) is 19.3. The van der Waals surface area contributed by atoms with Crippen molar-refractivity contribution in [3.63, 3.8) is 0 Å². The van der Waals surface area contributed by atoms with E-state index in [2.05, 4.69) is 61.0 Å². The van der Waals surface area contributed by atoms with Crippen molar-refractivity contribution in [3.8, 4) is 0 Å². The fourth-order valence-corrected chi connectivity index (χ4v) is 6.62. The van der Waals surface area contributed by atoms with Crippen LogP contribution in [0.1, 0.15) is 106 Å². The van der Waals surface area contributed by atoms with Crippen LogP contribution in [0, 0.1) is 12.3 Å². The quantitative estimate of drug-likeness (QED) is 0.306. The van der Waals surface area contributed by atoms with Gasteiger partial charge in [-0.2, -0.15) is 0 Å². The van der Waals surface area contributed by atoms with E-state index in [0.29, 0.717) is 24.4 Å². The zero-order chi connectivity index (χ0) is 28.4. The van der Waals surface area contributed by atoms with Crippen LogP contribution < -0.4 is 5.73 Å². The van der Waals surface area contributed by atoms with Crippen LogP contribution in [0.4, 0.5) is 11.4 Å². The Balaban J connectivity index is 1.54. The molecule has 1 heterocycles. The van der Waals surface area contributed by atoms with Gasteiger partial charge in [-0.15, -0.1) is 0 Å². The molecular formula is C34H43BrN4O. The predicted molar refractivity (Wildman–Crippen MR) is 170 cm³/mol. The summed E-state index contributed by atoms with van der Waals surface area (Å²) in [6.07, 6.45) is 11.3. The third-order valence-electron chi connectivity index (χ3n) is 9.38. The third kappa shape index (κ3) is 5.44. The summed E-state index contributed by atoms with van der Waals surface area (Å²) in [5.74, 6) is 0.723. The summed E-state index contributed by atoms with van der Waals surface area (Å²) >= 11 is 3.63. The highest BCUT2D eigenvalue weighted by Crippen LogP contribution is 2.54. The standard InChI is InChI=1S/C34H43BrN4O/c1-5-20-37-31-22(4)27(35)16-15-26(31)33(40)39-21-17-28(30(29(39)6-2)32(36)34(7-3)18-19-34)38-25-13-11-24(12-14-25)23-9-8-10-23/h11-16,20,23,29H,5-10,17-19,21,36H2,1-4H3/b32-30+,37-20?,38-28?. The first-order valence-electron chi connectivity index (χ1n) is 15.1. The second-order valence-corrected chi connectivity index (χ2v) is 12.6. The molecule has 1 aliphatic heterocycles. The molecule has 3 fully saturated rings. The van der Waals surface area contributed by atoms with E-state index in [1.54, 1.807) is 0 Å². The van der Waals surface area contributed by atoms with Crippen LogP contribution >= 0.6 is 15.9 Å². The Morgan fingerprint density at radius 3 is 2.42 bits per heavy atom. The summed E-state index contributed by atoms with van der Waals surface area (Å²) in [6.45, 7) is 9.06. The van der Waals surface area contributed by atoms with E-state index in [4.69, 9.17) is 15.7 Å². The lowest BCUT2D eigenvalue weighted by atomic mass is 9.80. The summed E-state index contributed by atoms with van der Waals surface area (Å²) in [4.78, 5) is 26.2. The number of hydrogen-bond donors (Lipinski definition) is 1. The topological polar surface area (TPSA) is 71.0 Å². The summed E-state index contributed by atoms with van der Waals surface area (Å²) in [5.41, 5.74) is 14.9. The molecule has 40 heavy (non-hydrogen) atoms. The number of likely N-dealkylation sites (tertiary alicyclic amines) is 1. The smallest absolute Gasteiger partial charge is 0.256 e. The van der Waals surface area contributed by atoms with Crippen molar-refractivity contribution < 1.29 is 4.79 Å². The number of rotatable bonds is 8. The second kappa shape index (κ2) is 12.0. The Kier molecular flexibility index (Phi) is 8.65. The van der Waals surface area contributed by atoms with E-state index in [-0.39, 0.29) is 17.4 Å². The number of aliphatic imine (C=N–C) groups is 2. The van der Waals surface area contributed by atoms with Crippen LogP contribution in [0.25, 0.3) is 0 Å². The number of piperidine rings is 1. The van der Waals surface area contributed by atoms with Gasteiger partial charge in [-0.25, -0.2) is 0 Å². The molecule has 1 amide bonds. The van der Waals surface area contributed by atoms with Crippen molar-refractivity contribution in [2.24, 2.45) is 21.1 Å². The molecule has 2 aromatic carbocycles. The highest BCUT2D eigenvalue weighted by Gasteiger charge is 2.47. The zero-order valence-electron chi connectivity index (χ0n) is 24.5. The van der Waals surface area contributed by atoms with Gasteiger partial charge < -0.3 is 10.6 Å². The maximum atomic E-state index is 14.3. The number of nitrogens with two attached hydrogens (primary N) is 1. The summed E-state index contributed by atoms with van der Waals surface area (Å²) in [7, 11) is 0. The zero-order valence-corrected chi connectivity index (χ0v) is 26.1. The first-order valence-corrected chi connectivity index (χ1v) is 15.9. The van der Waals surface area contributed by atoms with E-state index in [9.17, 15) is 4.79 Å². The molecule has 0 spiro atoms. The minimum Gasteiger partial charge on any atom is -0.401 e. The summed E-state index contributed by atoms with van der Waals surface area (Å²) in [5, 5.41) is 0. The van der Waals surface area contributed by atoms with E-state index < -0.39 is 0 Å². The Bertz CT molecular complexity index is 1350. The summed E-state index contributed by atoms with van der Waals surface area (Å²) < 4.78 is 0.958. The molecule has 1 atom stereocenters. The molecule has 0 bridgehead atoms. The molecular weight excluding hydrogens is 560 g/mol. The highest BCUT2D eigenvalue weighted by molar-refractivity contribution is 9.10. The molecule has 5 nitrogen and oxygen atoms in total. The largest absolute Gasteiger partial charge is 0.401 e. The number of amides is 1. The van der Waals surface area contributed by atoms with E-state index in [1.807, 2.05) is 30.2 Å². The molecule has 212 valence electrons. The van der Waals surface area contributed by atoms with Crippen molar-refractivity contribution in [1.82, 2.24) is 4.90 Å². The van der Waals surface area contributed by atoms with Gasteiger partial charge in [0.2, 0.25) is 0 Å². The number of halogens is 1. The van der Waals surface area contributed by atoms with Gasteiger partial charge in [-0.1, -0.05) is 55.3 Å². The fourth-order valence-electron chi connectivity index (χ4n) is 6.30. The van der Waals surface area contributed by atoms with Crippen molar-refractivity contribution in [3.05, 3.63) is 68.8 Å². The van der Waals surface area contributed by atoms with Crippen LogP contribution in [0.2, 0.25) is 0 Å². The number of carbonyl (C=O) groups excluding carboxylic acids is 1. The molecule has 6 heteroatoms. The van der Waals surface area contributed by atoms with Crippen molar-refractivity contribution >= 4 is 45.1 Å². The Morgan fingerprint density at radius 1 is 1.12 bits per heavy atom. The van der Waals surface area contributed by atoms with Crippen LogP contribution in [0.3, 0.4) is 0 Å². The molecule has 2 aliphatic carbocycles. The Hall–Kier alpha value is -2.73. The van der Waals surface area contributed by atoms with Crippen LogP contribution in [0.15, 0.2) is 62.1 Å². The van der Waals surface area contributed by atoms with Gasteiger partial charge in [0.1, 0.15) is 0 Å². The minimum absolute atomic E-state index is 0.0150. The molecule has 5 rings (SSSR count). The summed E-state index contributed by atoms with van der Waals surface area (Å²) in [6, 6.07) is 12.5. The normalized spacial score (nSPS) is 23.0. The highest BCUT2D eigenvalue weighted by atomic mass is 79.9. The van der Waals surface area contributed by atoms with Gasteiger partial charge in [0.25, 0.3) is 5.91 Å². The van der Waals surface area contributed by atoms with Gasteiger partial charge in [0.05, 0.1) is 23.0 Å². The average molecular weight is 604 g/mol. The molecule has 3 aliphatic rings. The number of carbonyl (C=O) groups is 1. The lowest BCUT2D eigenvalue weighted by Crippen LogP contribution is -2.49. The van der Waals surface area contributed by atoms with Crippen molar-refractivity contribution in [2.45, 2.75) is 97.4 Å². The maximum absolute atomic E-state index is 14.3. The van der Waals surface area contributed by atoms with Crippen LogP contribution in [0.5, 0.6) is 0 Å².